The fraction of sp³-hybridized carbons (Fsp3) is 0. The van der Waals surface area contributed by atoms with Crippen LogP contribution in [0.4, 0.5) is 0 Å². The lowest BCUT2D eigenvalue weighted by molar-refractivity contribution is 1.06. The van der Waals surface area contributed by atoms with Crippen molar-refractivity contribution in [3.8, 4) is 45.4 Å². The SMILES string of the molecule is c1ccc(-c2nc(-c3ccc4c5ccccc5c5ccc(-c6cccc7ccccc67)cc5c4c3)nc(-c3ccc4ccc5ccccc5c4n3)n2)cc1. The Kier molecular flexibility index (Phi) is 6.82. The maximum atomic E-state index is 5.18. The largest absolute Gasteiger partial charge is 0.244 e. The summed E-state index contributed by atoms with van der Waals surface area (Å²) in [6.07, 6.45) is 0. The first-order valence-corrected chi connectivity index (χ1v) is 18.2. The summed E-state index contributed by atoms with van der Waals surface area (Å²) in [7, 11) is 0. The Balaban J connectivity index is 1.15. The van der Waals surface area contributed by atoms with Gasteiger partial charge in [-0.1, -0.05) is 164 Å². The first kappa shape index (κ1) is 30.3. The first-order chi connectivity index (χ1) is 26.7. The minimum Gasteiger partial charge on any atom is -0.244 e. The van der Waals surface area contributed by atoms with Crippen LogP contribution in [0.3, 0.4) is 0 Å². The zero-order chi connectivity index (χ0) is 35.6. The Morgan fingerprint density at radius 3 is 1.54 bits per heavy atom. The van der Waals surface area contributed by atoms with Crippen LogP contribution >= 0.6 is 0 Å². The Morgan fingerprint density at radius 1 is 0.259 bits per heavy atom. The number of rotatable bonds is 4. The van der Waals surface area contributed by atoms with E-state index in [4.69, 9.17) is 19.9 Å². The van der Waals surface area contributed by atoms with Crippen molar-refractivity contribution in [2.75, 3.05) is 0 Å². The van der Waals surface area contributed by atoms with Crippen LogP contribution in [0.1, 0.15) is 0 Å². The molecule has 0 amide bonds. The van der Waals surface area contributed by atoms with Crippen LogP contribution in [0, 0.1) is 0 Å². The van der Waals surface area contributed by atoms with Crippen molar-refractivity contribution >= 4 is 64.8 Å². The van der Waals surface area contributed by atoms with Crippen molar-refractivity contribution in [3.63, 3.8) is 0 Å². The van der Waals surface area contributed by atoms with E-state index in [0.29, 0.717) is 23.2 Å². The number of pyridine rings is 1. The van der Waals surface area contributed by atoms with Crippen molar-refractivity contribution in [2.45, 2.75) is 0 Å². The van der Waals surface area contributed by atoms with E-state index < -0.39 is 0 Å². The molecule has 250 valence electrons. The van der Waals surface area contributed by atoms with Crippen LogP contribution in [0.25, 0.3) is 110 Å². The van der Waals surface area contributed by atoms with E-state index in [1.165, 1.54) is 48.8 Å². The van der Waals surface area contributed by atoms with Crippen LogP contribution in [0.5, 0.6) is 0 Å². The molecule has 0 atom stereocenters. The van der Waals surface area contributed by atoms with Gasteiger partial charge in [-0.3, -0.25) is 0 Å². The normalized spacial score (nSPS) is 11.7. The van der Waals surface area contributed by atoms with Gasteiger partial charge in [0.05, 0.1) is 5.52 Å². The maximum Gasteiger partial charge on any atom is 0.182 e. The van der Waals surface area contributed by atoms with Gasteiger partial charge in [-0.2, -0.15) is 0 Å². The minimum absolute atomic E-state index is 0.537. The quantitative estimate of drug-likeness (QED) is 0.173. The van der Waals surface area contributed by atoms with E-state index in [1.807, 2.05) is 36.4 Å². The molecule has 0 unspecified atom stereocenters. The average molecular weight is 687 g/mol. The van der Waals surface area contributed by atoms with Crippen LogP contribution in [-0.2, 0) is 0 Å². The lowest BCUT2D eigenvalue weighted by Gasteiger charge is -2.14. The van der Waals surface area contributed by atoms with Gasteiger partial charge in [0, 0.05) is 21.9 Å². The third kappa shape index (κ3) is 4.92. The fourth-order valence-corrected chi connectivity index (χ4v) is 8.06. The van der Waals surface area contributed by atoms with Gasteiger partial charge >= 0.3 is 0 Å². The van der Waals surface area contributed by atoms with Gasteiger partial charge in [-0.25, -0.2) is 19.9 Å². The topological polar surface area (TPSA) is 51.6 Å². The molecule has 0 saturated heterocycles. The first-order valence-electron chi connectivity index (χ1n) is 18.2. The van der Waals surface area contributed by atoms with Crippen molar-refractivity contribution < 1.29 is 0 Å². The number of nitrogens with zero attached hydrogens (tertiary/aromatic N) is 4. The summed E-state index contributed by atoms with van der Waals surface area (Å²) in [5, 5.41) is 13.0. The highest BCUT2D eigenvalue weighted by Crippen LogP contribution is 2.40. The number of hydrogen-bond acceptors (Lipinski definition) is 4. The Labute approximate surface area is 311 Å². The van der Waals surface area contributed by atoms with Gasteiger partial charge in [0.1, 0.15) is 5.69 Å². The van der Waals surface area contributed by atoms with E-state index in [0.717, 1.165) is 38.2 Å². The van der Waals surface area contributed by atoms with Crippen molar-refractivity contribution in [1.82, 2.24) is 19.9 Å². The van der Waals surface area contributed by atoms with Crippen molar-refractivity contribution in [2.24, 2.45) is 0 Å². The number of hydrogen-bond donors (Lipinski definition) is 0. The molecule has 0 spiro atoms. The zero-order valence-electron chi connectivity index (χ0n) is 29.1. The summed E-state index contributed by atoms with van der Waals surface area (Å²) < 4.78 is 0. The van der Waals surface area contributed by atoms with E-state index in [-0.39, 0.29) is 0 Å². The number of fused-ring (bicyclic) bond motifs is 10. The Bertz CT molecular complexity index is 3270. The monoisotopic (exact) mass is 686 g/mol. The summed E-state index contributed by atoms with van der Waals surface area (Å²) in [4.78, 5) is 20.5. The highest BCUT2D eigenvalue weighted by Gasteiger charge is 2.17. The Hall–Kier alpha value is -7.30. The van der Waals surface area contributed by atoms with E-state index >= 15 is 0 Å². The molecule has 11 rings (SSSR count). The highest BCUT2D eigenvalue weighted by molar-refractivity contribution is 6.26. The molecular weight excluding hydrogens is 657 g/mol. The van der Waals surface area contributed by atoms with E-state index in [9.17, 15) is 0 Å². The van der Waals surface area contributed by atoms with Crippen molar-refractivity contribution in [1.29, 1.82) is 0 Å². The molecule has 0 radical (unpaired) electrons. The smallest absolute Gasteiger partial charge is 0.182 e. The highest BCUT2D eigenvalue weighted by atomic mass is 15.0. The van der Waals surface area contributed by atoms with Gasteiger partial charge in [0.25, 0.3) is 0 Å². The minimum atomic E-state index is 0.537. The zero-order valence-corrected chi connectivity index (χ0v) is 29.1. The van der Waals surface area contributed by atoms with Gasteiger partial charge in [0.15, 0.2) is 17.5 Å². The van der Waals surface area contributed by atoms with Crippen LogP contribution in [0.15, 0.2) is 182 Å². The summed E-state index contributed by atoms with van der Waals surface area (Å²) in [6, 6.07) is 64.2. The second-order valence-corrected chi connectivity index (χ2v) is 13.8. The standard InChI is InChI=1S/C50H30N4/c1-2-13-34(14-3-1)48-52-49(54-50(53-48)46-28-25-33-22-21-32-12-5-7-17-39(32)47(33)51-46)36-24-27-43-41-19-9-8-18-40(41)42-26-23-35(29-44(42)45(43)30-36)38-20-10-15-31-11-4-6-16-37(31)38/h1-30H. The lowest BCUT2D eigenvalue weighted by Crippen LogP contribution is -2.01. The molecule has 0 aliphatic rings. The summed E-state index contributed by atoms with van der Waals surface area (Å²) in [5.41, 5.74) is 5.88. The average Bonchev–Trinajstić information content (AvgIpc) is 3.26. The molecule has 0 fully saturated rings. The summed E-state index contributed by atoms with van der Waals surface area (Å²) in [6.45, 7) is 0. The molecule has 0 N–H and O–H groups in total. The third-order valence-electron chi connectivity index (χ3n) is 10.7. The molecule has 4 nitrogen and oxygen atoms in total. The predicted octanol–water partition coefficient (Wildman–Crippen LogP) is 12.9. The van der Waals surface area contributed by atoms with Gasteiger partial charge in [-0.05, 0) is 77.8 Å². The molecule has 0 aliphatic heterocycles. The Morgan fingerprint density at radius 2 is 0.778 bits per heavy atom. The van der Waals surface area contributed by atoms with Crippen LogP contribution in [-0.4, -0.2) is 19.9 Å². The van der Waals surface area contributed by atoms with Crippen molar-refractivity contribution in [3.05, 3.63) is 182 Å². The molecule has 0 aliphatic carbocycles. The van der Waals surface area contributed by atoms with Gasteiger partial charge < -0.3 is 0 Å². The number of benzene rings is 9. The summed E-state index contributed by atoms with van der Waals surface area (Å²) in [5.74, 6) is 1.75. The number of aromatic nitrogens is 4. The van der Waals surface area contributed by atoms with Gasteiger partial charge in [-0.15, -0.1) is 0 Å². The van der Waals surface area contributed by atoms with Crippen LogP contribution in [0.2, 0.25) is 0 Å². The predicted molar refractivity (Wildman–Crippen MR) is 224 cm³/mol. The second-order valence-electron chi connectivity index (χ2n) is 13.8. The molecular formula is C50H30N4. The molecule has 0 bridgehead atoms. The van der Waals surface area contributed by atoms with Gasteiger partial charge in [0.2, 0.25) is 0 Å². The molecule has 0 saturated carbocycles. The lowest BCUT2D eigenvalue weighted by atomic mass is 9.90. The molecule has 2 heterocycles. The van der Waals surface area contributed by atoms with Crippen LogP contribution < -0.4 is 0 Å². The second kappa shape index (κ2) is 12.1. The molecule has 4 heteroatoms. The third-order valence-corrected chi connectivity index (χ3v) is 10.7. The fourth-order valence-electron chi connectivity index (χ4n) is 8.06. The van der Waals surface area contributed by atoms with E-state index in [2.05, 4.69) is 146 Å². The molecule has 54 heavy (non-hydrogen) atoms. The maximum absolute atomic E-state index is 5.18. The molecule has 9 aromatic carbocycles. The molecule has 2 aromatic heterocycles. The van der Waals surface area contributed by atoms with E-state index in [1.54, 1.807) is 0 Å². The summed E-state index contributed by atoms with van der Waals surface area (Å²) >= 11 is 0. The molecule has 11 aromatic rings.